The Balaban J connectivity index is 2.28. The van der Waals surface area contributed by atoms with Crippen LogP contribution in [0, 0.1) is 0 Å². The van der Waals surface area contributed by atoms with E-state index in [1.807, 2.05) is 19.0 Å². The monoisotopic (exact) mass is 283 g/mol. The molecule has 0 bridgehead atoms. The maximum absolute atomic E-state index is 9.90. The molecule has 20 heavy (non-hydrogen) atoms. The van der Waals surface area contributed by atoms with E-state index in [4.69, 9.17) is 9.47 Å². The lowest BCUT2D eigenvalue weighted by Gasteiger charge is -2.26. The number of rotatable bonds is 5. The highest BCUT2D eigenvalue weighted by atomic mass is 16.5. The van der Waals surface area contributed by atoms with Crippen LogP contribution in [0.2, 0.25) is 0 Å². The molecule has 2 unspecified atom stereocenters. The van der Waals surface area contributed by atoms with Gasteiger partial charge in [0.1, 0.15) is 0 Å². The maximum atomic E-state index is 9.90. The molecule has 1 N–H and O–H groups in total. The number of methoxy groups -OCH3 is 2. The lowest BCUT2D eigenvalue weighted by Crippen LogP contribution is -2.38. The van der Waals surface area contributed by atoms with Crippen LogP contribution in [-0.2, 0) is 0 Å². The molecule has 1 aromatic heterocycles. The van der Waals surface area contributed by atoms with Crippen molar-refractivity contribution in [1.82, 2.24) is 19.9 Å². The first-order valence-electron chi connectivity index (χ1n) is 6.47. The largest absolute Gasteiger partial charge is 0.467 e. The smallest absolute Gasteiger partial charge is 0.324 e. The van der Waals surface area contributed by atoms with Crippen molar-refractivity contribution in [2.75, 3.05) is 46.3 Å². The summed E-state index contributed by atoms with van der Waals surface area (Å²) in [5, 5.41) is 9.90. The van der Waals surface area contributed by atoms with Gasteiger partial charge in [0.25, 0.3) is 0 Å². The van der Waals surface area contributed by atoms with E-state index in [0.717, 1.165) is 6.54 Å². The number of nitrogens with zero attached hydrogens (tertiary/aromatic N) is 5. The minimum absolute atomic E-state index is 0.150. The Kier molecular flexibility index (Phi) is 4.56. The fourth-order valence-corrected chi connectivity index (χ4v) is 2.37. The van der Waals surface area contributed by atoms with E-state index in [0.29, 0.717) is 18.9 Å². The molecule has 2 atom stereocenters. The fraction of sp³-hybridized carbons (Fsp3) is 0.750. The van der Waals surface area contributed by atoms with Crippen LogP contribution in [0.15, 0.2) is 0 Å². The summed E-state index contributed by atoms with van der Waals surface area (Å²) in [4.78, 5) is 16.5. The second kappa shape index (κ2) is 6.19. The van der Waals surface area contributed by atoms with Gasteiger partial charge >= 0.3 is 12.0 Å². The Bertz CT molecular complexity index is 434. The zero-order valence-electron chi connectivity index (χ0n) is 12.3. The summed E-state index contributed by atoms with van der Waals surface area (Å²) in [6, 6.07) is 0.561. The first kappa shape index (κ1) is 14.7. The number of hydrogen-bond donors (Lipinski definition) is 1. The van der Waals surface area contributed by atoms with Gasteiger partial charge in [-0.2, -0.15) is 9.97 Å². The molecule has 112 valence electrons. The van der Waals surface area contributed by atoms with Crippen LogP contribution in [-0.4, -0.2) is 78.5 Å². The van der Waals surface area contributed by atoms with Crippen molar-refractivity contribution in [2.45, 2.75) is 18.6 Å². The van der Waals surface area contributed by atoms with Crippen LogP contribution in [0.4, 0.5) is 5.95 Å². The molecule has 0 spiro atoms. The average Bonchev–Trinajstić information content (AvgIpc) is 2.78. The minimum atomic E-state index is -0.381. The average molecular weight is 283 g/mol. The molecule has 8 nitrogen and oxygen atoms in total. The number of hydrogen-bond acceptors (Lipinski definition) is 8. The molecule has 0 saturated carbocycles. The predicted octanol–water partition coefficient (Wildman–Crippen LogP) is -0.610. The molecular formula is C12H21N5O3. The van der Waals surface area contributed by atoms with Crippen LogP contribution >= 0.6 is 0 Å². The van der Waals surface area contributed by atoms with E-state index in [1.165, 1.54) is 14.2 Å². The summed E-state index contributed by atoms with van der Waals surface area (Å²) in [5.74, 6) is 0.470. The molecule has 0 amide bonds. The number of likely N-dealkylation sites (N-methyl/N-ethyl adjacent to an activating group) is 1. The Morgan fingerprint density at radius 2 is 1.80 bits per heavy atom. The Morgan fingerprint density at radius 1 is 1.20 bits per heavy atom. The van der Waals surface area contributed by atoms with E-state index in [9.17, 15) is 5.11 Å². The molecule has 0 radical (unpaired) electrons. The molecule has 0 aliphatic carbocycles. The van der Waals surface area contributed by atoms with Crippen LogP contribution in [0.5, 0.6) is 12.0 Å². The number of aliphatic hydroxyl groups excluding tert-OH is 1. The number of aromatic nitrogens is 3. The Hall–Kier alpha value is -1.67. The van der Waals surface area contributed by atoms with Crippen molar-refractivity contribution in [2.24, 2.45) is 0 Å². The van der Waals surface area contributed by atoms with Gasteiger partial charge in [0, 0.05) is 19.1 Å². The minimum Gasteiger partial charge on any atom is -0.467 e. The first-order valence-corrected chi connectivity index (χ1v) is 6.47. The number of anilines is 1. The molecule has 8 heteroatoms. The van der Waals surface area contributed by atoms with Crippen molar-refractivity contribution in [3.63, 3.8) is 0 Å². The normalized spacial score (nSPS) is 22.4. The second-order valence-electron chi connectivity index (χ2n) is 5.07. The lowest BCUT2D eigenvalue weighted by atomic mass is 10.2. The van der Waals surface area contributed by atoms with Gasteiger partial charge in [-0.3, -0.25) is 0 Å². The van der Waals surface area contributed by atoms with Crippen LogP contribution in [0.25, 0.3) is 0 Å². The van der Waals surface area contributed by atoms with E-state index in [-0.39, 0.29) is 24.2 Å². The van der Waals surface area contributed by atoms with E-state index >= 15 is 0 Å². The van der Waals surface area contributed by atoms with E-state index < -0.39 is 0 Å². The molecule has 1 saturated heterocycles. The fourth-order valence-electron chi connectivity index (χ4n) is 2.37. The Morgan fingerprint density at radius 3 is 2.30 bits per heavy atom. The van der Waals surface area contributed by atoms with Gasteiger partial charge in [-0.05, 0) is 20.5 Å². The summed E-state index contributed by atoms with van der Waals surface area (Å²) >= 11 is 0. The third kappa shape index (κ3) is 3.26. The van der Waals surface area contributed by atoms with Crippen molar-refractivity contribution in [3.05, 3.63) is 0 Å². The molecule has 1 aliphatic rings. The SMILES string of the molecule is COc1nc(OC)nc(N2CC(O)CC2CN(C)C)n1. The van der Waals surface area contributed by atoms with Gasteiger partial charge in [-0.15, -0.1) is 4.98 Å². The lowest BCUT2D eigenvalue weighted by molar-refractivity contribution is 0.191. The predicted molar refractivity (Wildman–Crippen MR) is 73.2 cm³/mol. The highest BCUT2D eigenvalue weighted by molar-refractivity contribution is 5.36. The maximum Gasteiger partial charge on any atom is 0.324 e. The molecule has 1 aliphatic heterocycles. The molecule has 2 rings (SSSR count). The van der Waals surface area contributed by atoms with Crippen LogP contribution in [0.1, 0.15) is 6.42 Å². The zero-order valence-corrected chi connectivity index (χ0v) is 12.3. The van der Waals surface area contributed by atoms with Crippen molar-refractivity contribution < 1.29 is 14.6 Å². The zero-order chi connectivity index (χ0) is 14.7. The van der Waals surface area contributed by atoms with Gasteiger partial charge in [0.05, 0.1) is 20.3 Å². The standard InChI is InChI=1S/C12H21N5O3/c1-16(2)6-8-5-9(18)7-17(8)10-13-11(19-3)15-12(14-10)20-4/h8-9,18H,5-7H2,1-4H3. The van der Waals surface area contributed by atoms with E-state index in [2.05, 4.69) is 19.9 Å². The van der Waals surface area contributed by atoms with E-state index in [1.54, 1.807) is 0 Å². The van der Waals surface area contributed by atoms with Crippen molar-refractivity contribution in [3.8, 4) is 12.0 Å². The first-order chi connectivity index (χ1) is 9.53. The quantitative estimate of drug-likeness (QED) is 0.766. The summed E-state index contributed by atoms with van der Waals surface area (Å²) in [6.45, 7) is 1.31. The highest BCUT2D eigenvalue weighted by Crippen LogP contribution is 2.25. The van der Waals surface area contributed by atoms with Gasteiger partial charge in [-0.1, -0.05) is 0 Å². The van der Waals surface area contributed by atoms with Crippen molar-refractivity contribution in [1.29, 1.82) is 0 Å². The number of aliphatic hydroxyl groups is 1. The molecule has 2 heterocycles. The molecule has 0 aromatic carbocycles. The van der Waals surface area contributed by atoms with Gasteiger partial charge < -0.3 is 24.4 Å². The topological polar surface area (TPSA) is 83.8 Å². The van der Waals surface area contributed by atoms with Gasteiger partial charge in [0.15, 0.2) is 0 Å². The highest BCUT2D eigenvalue weighted by Gasteiger charge is 2.33. The van der Waals surface area contributed by atoms with Crippen LogP contribution < -0.4 is 14.4 Å². The van der Waals surface area contributed by atoms with Crippen LogP contribution in [0.3, 0.4) is 0 Å². The summed E-state index contributed by atoms with van der Waals surface area (Å²) in [7, 11) is 6.98. The summed E-state index contributed by atoms with van der Waals surface area (Å²) < 4.78 is 10.1. The second-order valence-corrected chi connectivity index (χ2v) is 5.07. The molecule has 1 fully saturated rings. The Labute approximate surface area is 118 Å². The third-order valence-corrected chi connectivity index (χ3v) is 3.17. The molecular weight excluding hydrogens is 262 g/mol. The summed E-state index contributed by atoms with van der Waals surface area (Å²) in [6.07, 6.45) is 0.308. The third-order valence-electron chi connectivity index (χ3n) is 3.17. The van der Waals surface area contributed by atoms with Gasteiger partial charge in [-0.25, -0.2) is 0 Å². The number of β-amino-alcohol motifs (C(OH)–C–C–N with tert-alkyl or cyclic N) is 1. The van der Waals surface area contributed by atoms with Crippen molar-refractivity contribution >= 4 is 5.95 Å². The number of ether oxygens (including phenoxy) is 2. The van der Waals surface area contributed by atoms with Gasteiger partial charge in [0.2, 0.25) is 5.95 Å². The summed E-state index contributed by atoms with van der Waals surface area (Å²) in [5.41, 5.74) is 0. The molecule has 1 aromatic rings.